The fraction of sp³-hybridized carbons (Fsp3) is 0.235. The highest BCUT2D eigenvalue weighted by molar-refractivity contribution is 7.99. The van der Waals surface area contributed by atoms with Crippen molar-refractivity contribution < 1.29 is 14.3 Å². The van der Waals surface area contributed by atoms with E-state index in [1.807, 2.05) is 30.3 Å². The predicted octanol–water partition coefficient (Wildman–Crippen LogP) is 4.36. The molecule has 0 unspecified atom stereocenters. The van der Waals surface area contributed by atoms with Crippen LogP contribution in [0.25, 0.3) is 0 Å². The second-order valence-corrected chi connectivity index (χ2v) is 6.99. The largest absolute Gasteiger partial charge is 0.456 e. The molecule has 132 valence electrons. The smallest absolute Gasteiger partial charge is 0.307 e. The second kappa shape index (κ2) is 9.65. The number of carbonyl (C=O) groups is 2. The van der Waals surface area contributed by atoms with Crippen molar-refractivity contribution in [2.45, 2.75) is 18.2 Å². The lowest BCUT2D eigenvalue weighted by Gasteiger charge is -2.09. The Labute approximate surface area is 160 Å². The second-order valence-electron chi connectivity index (χ2n) is 5.01. The molecular formula is C17H16Cl2N2O3S. The number of thioether (sulfide) groups is 1. The van der Waals surface area contributed by atoms with Gasteiger partial charge in [-0.15, -0.1) is 11.8 Å². The molecule has 1 aromatic heterocycles. The van der Waals surface area contributed by atoms with Crippen LogP contribution < -0.4 is 5.32 Å². The molecule has 0 aliphatic heterocycles. The highest BCUT2D eigenvalue weighted by Gasteiger charge is 2.12. The highest BCUT2D eigenvalue weighted by atomic mass is 35.5. The molecule has 1 amide bonds. The molecule has 0 saturated carbocycles. The highest BCUT2D eigenvalue weighted by Crippen LogP contribution is 2.25. The topological polar surface area (TPSA) is 68.3 Å². The molecule has 0 aliphatic carbocycles. The first-order valence-electron chi connectivity index (χ1n) is 7.41. The number of hydrogen-bond acceptors (Lipinski definition) is 5. The van der Waals surface area contributed by atoms with E-state index >= 15 is 0 Å². The van der Waals surface area contributed by atoms with Crippen LogP contribution in [-0.4, -0.2) is 29.2 Å². The zero-order valence-corrected chi connectivity index (χ0v) is 15.7. The summed E-state index contributed by atoms with van der Waals surface area (Å²) in [5.41, 5.74) is 0.538. The summed E-state index contributed by atoms with van der Waals surface area (Å²) in [6.07, 6.45) is 0.214. The number of halogens is 2. The van der Waals surface area contributed by atoms with Crippen molar-refractivity contribution in [3.05, 3.63) is 52.1 Å². The average molecular weight is 399 g/mol. The first kappa shape index (κ1) is 19.6. The first-order valence-corrected chi connectivity index (χ1v) is 9.16. The number of rotatable bonds is 7. The number of esters is 1. The van der Waals surface area contributed by atoms with Gasteiger partial charge in [-0.25, -0.2) is 4.98 Å². The molecule has 2 aromatic rings. The third kappa shape index (κ3) is 6.57. The molecule has 0 fully saturated rings. The van der Waals surface area contributed by atoms with Crippen LogP contribution >= 0.6 is 35.0 Å². The van der Waals surface area contributed by atoms with E-state index in [0.717, 1.165) is 4.90 Å². The molecule has 0 saturated heterocycles. The molecule has 0 aliphatic rings. The third-order valence-electron chi connectivity index (χ3n) is 3.05. The maximum Gasteiger partial charge on any atom is 0.307 e. The van der Waals surface area contributed by atoms with Crippen molar-refractivity contribution in [2.24, 2.45) is 0 Å². The van der Waals surface area contributed by atoms with Crippen LogP contribution in [0.15, 0.2) is 41.3 Å². The van der Waals surface area contributed by atoms with Crippen molar-refractivity contribution in [3.63, 3.8) is 0 Å². The molecule has 2 rings (SSSR count). The molecule has 0 radical (unpaired) electrons. The van der Waals surface area contributed by atoms with E-state index in [0.29, 0.717) is 16.5 Å². The van der Waals surface area contributed by atoms with Crippen LogP contribution in [0.5, 0.6) is 0 Å². The van der Waals surface area contributed by atoms with Gasteiger partial charge in [0.05, 0.1) is 22.2 Å². The van der Waals surface area contributed by atoms with Crippen molar-refractivity contribution >= 4 is 52.7 Å². The van der Waals surface area contributed by atoms with E-state index in [4.69, 9.17) is 27.9 Å². The minimum Gasteiger partial charge on any atom is -0.456 e. The van der Waals surface area contributed by atoms with Crippen molar-refractivity contribution in [1.82, 2.24) is 4.98 Å². The fourth-order valence-corrected chi connectivity index (χ4v) is 3.06. The van der Waals surface area contributed by atoms with Crippen LogP contribution in [0.4, 0.5) is 5.82 Å². The van der Waals surface area contributed by atoms with Gasteiger partial charge in [0.1, 0.15) is 0 Å². The number of aryl methyl sites for hydroxylation is 1. The van der Waals surface area contributed by atoms with E-state index in [2.05, 4.69) is 10.3 Å². The Hall–Kier alpha value is -1.76. The van der Waals surface area contributed by atoms with Gasteiger partial charge in [-0.1, -0.05) is 41.4 Å². The summed E-state index contributed by atoms with van der Waals surface area (Å²) in [6.45, 7) is 1.30. The number of nitrogens with zero attached hydrogens (tertiary/aromatic N) is 1. The standard InChI is InChI=1S/C17H16Cl2N2O3S/c1-11-13(18)9-14(19)17(20-11)21-15(22)10-24-16(23)7-8-25-12-5-3-2-4-6-12/h2-6,9H,7-8,10H2,1H3,(H,20,21,22). The zero-order valence-electron chi connectivity index (χ0n) is 13.4. The Bertz CT molecular complexity index is 757. The Morgan fingerprint density at radius 1 is 1.20 bits per heavy atom. The summed E-state index contributed by atoms with van der Waals surface area (Å²) in [4.78, 5) is 28.7. The van der Waals surface area contributed by atoms with Crippen LogP contribution in [0, 0.1) is 6.92 Å². The van der Waals surface area contributed by atoms with Gasteiger partial charge in [0.15, 0.2) is 12.4 Å². The number of hydrogen-bond donors (Lipinski definition) is 1. The van der Waals surface area contributed by atoms with E-state index in [1.54, 1.807) is 18.7 Å². The van der Waals surface area contributed by atoms with E-state index in [-0.39, 0.29) is 17.3 Å². The molecule has 8 heteroatoms. The molecule has 5 nitrogen and oxygen atoms in total. The summed E-state index contributed by atoms with van der Waals surface area (Å²) in [6, 6.07) is 11.2. The fourth-order valence-electron chi connectivity index (χ4n) is 1.80. The molecule has 1 N–H and O–H groups in total. The number of anilines is 1. The maximum atomic E-state index is 11.8. The summed E-state index contributed by atoms with van der Waals surface area (Å²) in [5.74, 6) is -0.192. The third-order valence-corrected chi connectivity index (χ3v) is 4.73. The minimum atomic E-state index is -0.514. The van der Waals surface area contributed by atoms with Gasteiger partial charge in [-0.2, -0.15) is 0 Å². The number of pyridine rings is 1. The Kier molecular flexibility index (Phi) is 7.55. The molecule has 0 atom stereocenters. The molecule has 0 spiro atoms. The normalized spacial score (nSPS) is 10.4. The average Bonchev–Trinajstić information content (AvgIpc) is 2.59. The van der Waals surface area contributed by atoms with Gasteiger partial charge in [-0.3, -0.25) is 9.59 Å². The van der Waals surface area contributed by atoms with Gasteiger partial charge >= 0.3 is 5.97 Å². The van der Waals surface area contributed by atoms with Crippen LogP contribution in [0.2, 0.25) is 10.0 Å². The minimum absolute atomic E-state index is 0.184. The number of benzene rings is 1. The number of ether oxygens (including phenoxy) is 1. The van der Waals surface area contributed by atoms with Crippen LogP contribution in [0.1, 0.15) is 12.1 Å². The molecule has 0 bridgehead atoms. The van der Waals surface area contributed by atoms with Gasteiger partial charge in [0.25, 0.3) is 5.91 Å². The van der Waals surface area contributed by atoms with Gasteiger partial charge in [0.2, 0.25) is 0 Å². The maximum absolute atomic E-state index is 11.8. The molecule has 1 heterocycles. The zero-order chi connectivity index (χ0) is 18.2. The van der Waals surface area contributed by atoms with E-state index in [1.165, 1.54) is 6.07 Å². The van der Waals surface area contributed by atoms with Gasteiger partial charge < -0.3 is 10.1 Å². The van der Waals surface area contributed by atoms with E-state index < -0.39 is 18.5 Å². The van der Waals surface area contributed by atoms with Crippen LogP contribution in [-0.2, 0) is 14.3 Å². The molecule has 1 aromatic carbocycles. The number of amides is 1. The lowest BCUT2D eigenvalue weighted by atomic mass is 10.3. The quantitative estimate of drug-likeness (QED) is 0.554. The first-order chi connectivity index (χ1) is 12.0. The number of carbonyl (C=O) groups excluding carboxylic acids is 2. The summed E-state index contributed by atoms with van der Waals surface area (Å²) >= 11 is 13.4. The van der Waals surface area contributed by atoms with Crippen LogP contribution in [0.3, 0.4) is 0 Å². The van der Waals surface area contributed by atoms with E-state index in [9.17, 15) is 9.59 Å². The summed E-state index contributed by atoms with van der Waals surface area (Å²) in [5, 5.41) is 3.12. The molecule has 25 heavy (non-hydrogen) atoms. The van der Waals surface area contributed by atoms with Crippen molar-refractivity contribution in [1.29, 1.82) is 0 Å². The monoisotopic (exact) mass is 398 g/mol. The lowest BCUT2D eigenvalue weighted by molar-refractivity contribution is -0.146. The summed E-state index contributed by atoms with van der Waals surface area (Å²) < 4.78 is 4.95. The van der Waals surface area contributed by atoms with Crippen molar-refractivity contribution in [3.8, 4) is 0 Å². The lowest BCUT2D eigenvalue weighted by Crippen LogP contribution is -2.22. The Balaban J connectivity index is 1.72. The predicted molar refractivity (Wildman–Crippen MR) is 100 cm³/mol. The van der Waals surface area contributed by atoms with Gasteiger partial charge in [0, 0.05) is 10.6 Å². The van der Waals surface area contributed by atoms with Gasteiger partial charge in [-0.05, 0) is 25.1 Å². The SMILES string of the molecule is Cc1nc(NC(=O)COC(=O)CCSc2ccccc2)c(Cl)cc1Cl. The van der Waals surface area contributed by atoms with Crippen molar-refractivity contribution in [2.75, 3.05) is 17.7 Å². The number of aromatic nitrogens is 1. The summed E-state index contributed by atoms with van der Waals surface area (Å²) in [7, 11) is 0. The Morgan fingerprint density at radius 2 is 1.92 bits per heavy atom. The number of nitrogens with one attached hydrogen (secondary N) is 1. The Morgan fingerprint density at radius 3 is 2.64 bits per heavy atom. The molecular weight excluding hydrogens is 383 g/mol.